The van der Waals surface area contributed by atoms with Gasteiger partial charge in [-0.3, -0.25) is 4.79 Å². The van der Waals surface area contributed by atoms with Gasteiger partial charge in [0.2, 0.25) is 5.91 Å². The minimum absolute atomic E-state index is 0.0579. The highest BCUT2D eigenvalue weighted by molar-refractivity contribution is 5.88. The predicted octanol–water partition coefficient (Wildman–Crippen LogP) is 2.51. The van der Waals surface area contributed by atoms with Crippen molar-refractivity contribution in [1.82, 2.24) is 5.32 Å². The van der Waals surface area contributed by atoms with Crippen LogP contribution in [0.5, 0.6) is 0 Å². The van der Waals surface area contributed by atoms with Crippen LogP contribution in [0.25, 0.3) is 0 Å². The molecule has 0 atom stereocenters. The summed E-state index contributed by atoms with van der Waals surface area (Å²) in [6.45, 7) is 1.59. The van der Waals surface area contributed by atoms with Crippen molar-refractivity contribution in [3.63, 3.8) is 0 Å². The number of ether oxygens (including phenoxy) is 1. The Labute approximate surface area is 136 Å². The van der Waals surface area contributed by atoms with Crippen molar-refractivity contribution in [2.45, 2.75) is 38.1 Å². The van der Waals surface area contributed by atoms with Crippen LogP contribution in [0.1, 0.15) is 29.5 Å². The fourth-order valence-corrected chi connectivity index (χ4v) is 2.44. The molecule has 1 aliphatic rings. The standard InChI is InChI=1S/C19H22N2O2/c20-19(10-11-19)18(22)21-12-16-8-4-5-9-17(16)14-23-13-15-6-2-1-3-7-15/h1-9H,10-14,20H2,(H,21,22). The van der Waals surface area contributed by atoms with Crippen molar-refractivity contribution in [3.8, 4) is 0 Å². The third-order valence-electron chi connectivity index (χ3n) is 4.17. The smallest absolute Gasteiger partial charge is 0.240 e. The lowest BCUT2D eigenvalue weighted by atomic mass is 10.1. The van der Waals surface area contributed by atoms with Gasteiger partial charge in [0.25, 0.3) is 0 Å². The van der Waals surface area contributed by atoms with Crippen LogP contribution in [0.15, 0.2) is 54.6 Å². The maximum atomic E-state index is 11.9. The number of rotatable bonds is 7. The van der Waals surface area contributed by atoms with Crippen LogP contribution >= 0.6 is 0 Å². The molecule has 0 heterocycles. The highest BCUT2D eigenvalue weighted by Gasteiger charge is 2.45. The van der Waals surface area contributed by atoms with Crippen molar-refractivity contribution in [2.75, 3.05) is 0 Å². The Bertz CT molecular complexity index is 666. The van der Waals surface area contributed by atoms with Crippen molar-refractivity contribution >= 4 is 5.91 Å². The molecule has 0 saturated heterocycles. The molecule has 0 aliphatic heterocycles. The van der Waals surface area contributed by atoms with Crippen molar-refractivity contribution in [3.05, 3.63) is 71.3 Å². The molecule has 0 aromatic heterocycles. The lowest BCUT2D eigenvalue weighted by Crippen LogP contribution is -2.42. The van der Waals surface area contributed by atoms with Gasteiger partial charge < -0.3 is 15.8 Å². The lowest BCUT2D eigenvalue weighted by molar-refractivity contribution is -0.123. The Kier molecular flexibility index (Phi) is 4.74. The van der Waals surface area contributed by atoms with E-state index in [1.165, 1.54) is 0 Å². The molecular weight excluding hydrogens is 288 g/mol. The summed E-state index contributed by atoms with van der Waals surface area (Å²) >= 11 is 0. The van der Waals surface area contributed by atoms with Crippen LogP contribution < -0.4 is 11.1 Å². The highest BCUT2D eigenvalue weighted by Crippen LogP contribution is 2.32. The van der Waals surface area contributed by atoms with E-state index in [0.29, 0.717) is 19.8 Å². The van der Waals surface area contributed by atoms with Crippen LogP contribution in [0.4, 0.5) is 0 Å². The second-order valence-electron chi connectivity index (χ2n) is 6.09. The number of nitrogens with one attached hydrogen (secondary N) is 1. The number of amides is 1. The van der Waals surface area contributed by atoms with Crippen molar-refractivity contribution in [2.24, 2.45) is 5.73 Å². The highest BCUT2D eigenvalue weighted by atomic mass is 16.5. The molecule has 4 heteroatoms. The third-order valence-corrected chi connectivity index (χ3v) is 4.17. The van der Waals surface area contributed by atoms with Gasteiger partial charge >= 0.3 is 0 Å². The Hall–Kier alpha value is -2.17. The van der Waals surface area contributed by atoms with E-state index in [9.17, 15) is 4.79 Å². The van der Waals surface area contributed by atoms with E-state index < -0.39 is 5.54 Å². The second-order valence-corrected chi connectivity index (χ2v) is 6.09. The molecule has 1 saturated carbocycles. The fourth-order valence-electron chi connectivity index (χ4n) is 2.44. The molecule has 1 fully saturated rings. The van der Waals surface area contributed by atoms with E-state index in [2.05, 4.69) is 5.32 Å². The predicted molar refractivity (Wildman–Crippen MR) is 89.4 cm³/mol. The second kappa shape index (κ2) is 6.94. The summed E-state index contributed by atoms with van der Waals surface area (Å²) in [5.74, 6) is -0.0579. The Morgan fingerprint density at radius 3 is 2.35 bits per heavy atom. The maximum Gasteiger partial charge on any atom is 0.240 e. The van der Waals surface area contributed by atoms with Crippen LogP contribution in [0.3, 0.4) is 0 Å². The number of nitrogens with two attached hydrogens (primary N) is 1. The zero-order valence-electron chi connectivity index (χ0n) is 13.1. The average molecular weight is 310 g/mol. The molecule has 0 radical (unpaired) electrons. The van der Waals surface area contributed by atoms with Crippen LogP contribution in [0.2, 0.25) is 0 Å². The molecule has 0 spiro atoms. The maximum absolute atomic E-state index is 11.9. The van der Waals surface area contributed by atoms with Crippen molar-refractivity contribution in [1.29, 1.82) is 0 Å². The molecular formula is C19H22N2O2. The van der Waals surface area contributed by atoms with E-state index in [4.69, 9.17) is 10.5 Å². The molecule has 2 aromatic carbocycles. The zero-order chi connectivity index (χ0) is 16.1. The van der Waals surface area contributed by atoms with Gasteiger partial charge in [0.05, 0.1) is 18.8 Å². The van der Waals surface area contributed by atoms with Crippen LogP contribution in [-0.2, 0) is 29.3 Å². The quantitative estimate of drug-likeness (QED) is 0.826. The van der Waals surface area contributed by atoms with Gasteiger partial charge in [-0.1, -0.05) is 54.6 Å². The Morgan fingerprint density at radius 1 is 1.00 bits per heavy atom. The van der Waals surface area contributed by atoms with Crippen LogP contribution in [0, 0.1) is 0 Å². The molecule has 120 valence electrons. The fraction of sp³-hybridized carbons (Fsp3) is 0.316. The topological polar surface area (TPSA) is 64.4 Å². The summed E-state index contributed by atoms with van der Waals surface area (Å²) < 4.78 is 5.80. The first kappa shape index (κ1) is 15.7. The van der Waals surface area contributed by atoms with E-state index in [0.717, 1.165) is 29.5 Å². The van der Waals surface area contributed by atoms with E-state index in [1.54, 1.807) is 0 Å². The first-order valence-corrected chi connectivity index (χ1v) is 7.93. The first-order valence-electron chi connectivity index (χ1n) is 7.93. The number of hydrogen-bond donors (Lipinski definition) is 2. The monoisotopic (exact) mass is 310 g/mol. The number of carbonyl (C=O) groups excluding carboxylic acids is 1. The largest absolute Gasteiger partial charge is 0.372 e. The molecule has 4 nitrogen and oxygen atoms in total. The molecule has 23 heavy (non-hydrogen) atoms. The van der Waals surface area contributed by atoms with Gasteiger partial charge in [0.15, 0.2) is 0 Å². The lowest BCUT2D eigenvalue weighted by Gasteiger charge is -2.13. The molecule has 0 bridgehead atoms. The molecule has 3 N–H and O–H groups in total. The van der Waals surface area contributed by atoms with Gasteiger partial charge in [-0.15, -0.1) is 0 Å². The summed E-state index contributed by atoms with van der Waals surface area (Å²) in [5.41, 5.74) is 8.58. The molecule has 2 aromatic rings. The summed E-state index contributed by atoms with van der Waals surface area (Å²) in [4.78, 5) is 11.9. The van der Waals surface area contributed by atoms with Gasteiger partial charge in [0.1, 0.15) is 0 Å². The van der Waals surface area contributed by atoms with E-state index >= 15 is 0 Å². The Balaban J connectivity index is 1.54. The van der Waals surface area contributed by atoms with Gasteiger partial charge in [0, 0.05) is 6.54 Å². The summed E-state index contributed by atoms with van der Waals surface area (Å²) in [5, 5.41) is 2.93. The molecule has 0 unspecified atom stereocenters. The minimum atomic E-state index is -0.626. The van der Waals surface area contributed by atoms with Crippen LogP contribution in [-0.4, -0.2) is 11.4 Å². The first-order chi connectivity index (χ1) is 11.2. The third kappa shape index (κ3) is 4.18. The Morgan fingerprint density at radius 2 is 1.65 bits per heavy atom. The van der Waals surface area contributed by atoms with E-state index in [1.807, 2.05) is 54.6 Å². The van der Waals surface area contributed by atoms with Gasteiger partial charge in [-0.05, 0) is 29.5 Å². The minimum Gasteiger partial charge on any atom is -0.372 e. The average Bonchev–Trinajstić information content (AvgIpc) is 3.34. The number of benzene rings is 2. The number of hydrogen-bond acceptors (Lipinski definition) is 3. The van der Waals surface area contributed by atoms with Gasteiger partial charge in [-0.2, -0.15) is 0 Å². The molecule has 1 aliphatic carbocycles. The summed E-state index contributed by atoms with van der Waals surface area (Å²) in [7, 11) is 0. The van der Waals surface area contributed by atoms with Gasteiger partial charge in [-0.25, -0.2) is 0 Å². The SMILES string of the molecule is NC1(C(=O)NCc2ccccc2COCc2ccccc2)CC1. The molecule has 1 amide bonds. The summed E-state index contributed by atoms with van der Waals surface area (Å²) in [6.07, 6.45) is 1.56. The normalized spacial score (nSPS) is 15.2. The zero-order valence-corrected chi connectivity index (χ0v) is 13.1. The number of carbonyl (C=O) groups is 1. The summed E-state index contributed by atoms with van der Waals surface area (Å²) in [6, 6.07) is 18.1. The molecule has 3 rings (SSSR count). The van der Waals surface area contributed by atoms with Crippen molar-refractivity contribution < 1.29 is 9.53 Å². The van der Waals surface area contributed by atoms with E-state index in [-0.39, 0.29) is 5.91 Å².